The van der Waals surface area contributed by atoms with Gasteiger partial charge in [-0.2, -0.15) is 0 Å². The Morgan fingerprint density at radius 2 is 2.26 bits per heavy atom. The first-order chi connectivity index (χ1) is 9.31. The summed E-state index contributed by atoms with van der Waals surface area (Å²) in [5, 5.41) is 3.30. The van der Waals surface area contributed by atoms with Crippen LogP contribution in [0.3, 0.4) is 0 Å². The van der Waals surface area contributed by atoms with Crippen LogP contribution in [0.1, 0.15) is 52.4 Å². The van der Waals surface area contributed by atoms with Crippen LogP contribution in [0.4, 0.5) is 5.82 Å². The second-order valence-corrected chi connectivity index (χ2v) is 5.48. The van der Waals surface area contributed by atoms with Crippen molar-refractivity contribution < 1.29 is 4.74 Å². The van der Waals surface area contributed by atoms with Crippen LogP contribution in [-0.2, 0) is 0 Å². The van der Waals surface area contributed by atoms with Crippen molar-refractivity contribution in [3.05, 3.63) is 18.3 Å². The topological polar surface area (TPSA) is 34.1 Å². The molecule has 3 heteroatoms. The summed E-state index contributed by atoms with van der Waals surface area (Å²) >= 11 is 0. The molecular weight excluding hydrogens is 236 g/mol. The van der Waals surface area contributed by atoms with Gasteiger partial charge in [0.15, 0.2) is 0 Å². The second-order valence-electron chi connectivity index (χ2n) is 5.48. The third-order valence-electron chi connectivity index (χ3n) is 3.90. The molecule has 1 saturated carbocycles. The summed E-state index contributed by atoms with van der Waals surface area (Å²) in [6, 6.07) is 3.98. The van der Waals surface area contributed by atoms with E-state index in [9.17, 15) is 0 Å². The summed E-state index contributed by atoms with van der Waals surface area (Å²) in [6.07, 6.45) is 9.67. The van der Waals surface area contributed by atoms with Gasteiger partial charge in [-0.1, -0.05) is 26.7 Å². The highest BCUT2D eigenvalue weighted by atomic mass is 16.5. The van der Waals surface area contributed by atoms with Crippen LogP contribution in [0.2, 0.25) is 0 Å². The van der Waals surface area contributed by atoms with Crippen molar-refractivity contribution in [2.45, 2.75) is 58.5 Å². The lowest BCUT2D eigenvalue weighted by atomic mass is 9.85. The Hall–Kier alpha value is -1.25. The van der Waals surface area contributed by atoms with Gasteiger partial charge in [0.05, 0.1) is 6.10 Å². The molecule has 0 bridgehead atoms. The smallest absolute Gasteiger partial charge is 0.129 e. The van der Waals surface area contributed by atoms with Crippen molar-refractivity contribution in [2.75, 3.05) is 11.9 Å². The molecular formula is C16H26N2O. The summed E-state index contributed by atoms with van der Waals surface area (Å²) in [7, 11) is 0. The quantitative estimate of drug-likeness (QED) is 0.832. The lowest BCUT2D eigenvalue weighted by molar-refractivity contribution is 0.122. The molecule has 0 spiro atoms. The minimum Gasteiger partial charge on any atom is -0.490 e. The van der Waals surface area contributed by atoms with Crippen molar-refractivity contribution in [1.29, 1.82) is 0 Å². The number of ether oxygens (including phenoxy) is 1. The van der Waals surface area contributed by atoms with Crippen LogP contribution in [0.25, 0.3) is 0 Å². The predicted octanol–water partition coefficient (Wildman–Crippen LogP) is 4.25. The van der Waals surface area contributed by atoms with Crippen LogP contribution in [-0.4, -0.2) is 17.6 Å². The Morgan fingerprint density at radius 3 is 3.05 bits per heavy atom. The molecule has 1 aliphatic carbocycles. The van der Waals surface area contributed by atoms with Gasteiger partial charge in [-0.25, -0.2) is 4.98 Å². The Kier molecular flexibility index (Phi) is 5.49. The van der Waals surface area contributed by atoms with Crippen molar-refractivity contribution in [2.24, 2.45) is 5.92 Å². The molecule has 0 radical (unpaired) electrons. The zero-order valence-electron chi connectivity index (χ0n) is 12.2. The molecule has 0 aliphatic heterocycles. The summed E-state index contributed by atoms with van der Waals surface area (Å²) in [5.41, 5.74) is 0. The van der Waals surface area contributed by atoms with E-state index in [-0.39, 0.29) is 0 Å². The minimum atomic E-state index is 0.389. The second kappa shape index (κ2) is 7.37. The fourth-order valence-corrected chi connectivity index (χ4v) is 2.75. The van der Waals surface area contributed by atoms with Gasteiger partial charge in [0, 0.05) is 18.8 Å². The van der Waals surface area contributed by atoms with E-state index in [0.717, 1.165) is 30.5 Å². The standard InChI is InChI=1S/C16H26N2O/c1-3-9-17-16-12-15(8-10-18-16)19-14-7-5-6-13(4-2)11-14/h8,10,12-14H,3-7,9,11H2,1-2H3,(H,17,18). The zero-order valence-corrected chi connectivity index (χ0v) is 12.2. The van der Waals surface area contributed by atoms with Gasteiger partial charge in [0.1, 0.15) is 11.6 Å². The van der Waals surface area contributed by atoms with E-state index in [1.54, 1.807) is 0 Å². The minimum absolute atomic E-state index is 0.389. The molecule has 19 heavy (non-hydrogen) atoms. The maximum atomic E-state index is 6.13. The van der Waals surface area contributed by atoms with Crippen LogP contribution < -0.4 is 10.1 Å². The van der Waals surface area contributed by atoms with Gasteiger partial charge in [-0.3, -0.25) is 0 Å². The number of aromatic nitrogens is 1. The van der Waals surface area contributed by atoms with E-state index < -0.39 is 0 Å². The highest BCUT2D eigenvalue weighted by Crippen LogP contribution is 2.29. The molecule has 1 N–H and O–H groups in total. The van der Waals surface area contributed by atoms with Crippen LogP contribution in [0.15, 0.2) is 18.3 Å². The molecule has 3 nitrogen and oxygen atoms in total. The highest BCUT2D eigenvalue weighted by molar-refractivity contribution is 5.40. The van der Waals surface area contributed by atoms with Crippen LogP contribution in [0.5, 0.6) is 5.75 Å². The number of nitrogens with zero attached hydrogens (tertiary/aromatic N) is 1. The first-order valence-electron chi connectivity index (χ1n) is 7.68. The van der Waals surface area contributed by atoms with Gasteiger partial charge < -0.3 is 10.1 Å². The molecule has 1 fully saturated rings. The molecule has 0 saturated heterocycles. The molecule has 0 aromatic carbocycles. The molecule has 1 aromatic rings. The van der Waals surface area contributed by atoms with E-state index in [2.05, 4.69) is 24.1 Å². The summed E-state index contributed by atoms with van der Waals surface area (Å²) in [5.74, 6) is 2.72. The fraction of sp³-hybridized carbons (Fsp3) is 0.688. The summed E-state index contributed by atoms with van der Waals surface area (Å²) in [6.45, 7) is 5.39. The molecule has 2 unspecified atom stereocenters. The van der Waals surface area contributed by atoms with Crippen molar-refractivity contribution in [1.82, 2.24) is 4.98 Å². The normalized spacial score (nSPS) is 23.1. The maximum Gasteiger partial charge on any atom is 0.129 e. The molecule has 2 atom stereocenters. The number of hydrogen-bond donors (Lipinski definition) is 1. The van der Waals surface area contributed by atoms with Gasteiger partial charge in [-0.05, 0) is 37.7 Å². The van der Waals surface area contributed by atoms with E-state index >= 15 is 0 Å². The third kappa shape index (κ3) is 4.41. The van der Waals surface area contributed by atoms with Gasteiger partial charge in [0.2, 0.25) is 0 Å². The van der Waals surface area contributed by atoms with Gasteiger partial charge >= 0.3 is 0 Å². The lowest BCUT2D eigenvalue weighted by Crippen LogP contribution is -2.25. The predicted molar refractivity (Wildman–Crippen MR) is 79.7 cm³/mol. The average Bonchev–Trinajstić information content (AvgIpc) is 2.46. The molecule has 1 aromatic heterocycles. The van der Waals surface area contributed by atoms with E-state index in [1.165, 1.54) is 32.1 Å². The fourth-order valence-electron chi connectivity index (χ4n) is 2.75. The Balaban J connectivity index is 1.90. The van der Waals surface area contributed by atoms with Gasteiger partial charge in [0.25, 0.3) is 0 Å². The molecule has 1 heterocycles. The molecule has 1 aliphatic rings. The summed E-state index contributed by atoms with van der Waals surface area (Å²) < 4.78 is 6.13. The number of rotatable bonds is 6. The van der Waals surface area contributed by atoms with Crippen LogP contribution >= 0.6 is 0 Å². The maximum absolute atomic E-state index is 6.13. The number of pyridine rings is 1. The number of nitrogens with one attached hydrogen (secondary N) is 1. The number of hydrogen-bond acceptors (Lipinski definition) is 3. The summed E-state index contributed by atoms with van der Waals surface area (Å²) in [4.78, 5) is 4.31. The monoisotopic (exact) mass is 262 g/mol. The van der Waals surface area contributed by atoms with Crippen LogP contribution in [0, 0.1) is 5.92 Å². The van der Waals surface area contributed by atoms with Crippen molar-refractivity contribution in [3.8, 4) is 5.75 Å². The van der Waals surface area contributed by atoms with E-state index in [1.807, 2.05) is 18.3 Å². The Labute approximate surface area is 116 Å². The van der Waals surface area contributed by atoms with Crippen molar-refractivity contribution >= 4 is 5.82 Å². The average molecular weight is 262 g/mol. The SMILES string of the molecule is CCCNc1cc(OC2CCCC(CC)C2)ccn1. The lowest BCUT2D eigenvalue weighted by Gasteiger charge is -2.29. The molecule has 106 valence electrons. The van der Waals surface area contributed by atoms with E-state index in [0.29, 0.717) is 6.10 Å². The van der Waals surface area contributed by atoms with E-state index in [4.69, 9.17) is 4.74 Å². The third-order valence-corrected chi connectivity index (χ3v) is 3.90. The molecule has 2 rings (SSSR count). The molecule has 0 amide bonds. The Morgan fingerprint density at radius 1 is 1.37 bits per heavy atom. The largest absolute Gasteiger partial charge is 0.490 e. The number of anilines is 1. The first-order valence-corrected chi connectivity index (χ1v) is 7.68. The zero-order chi connectivity index (χ0) is 13.5. The first kappa shape index (κ1) is 14.2. The highest BCUT2D eigenvalue weighted by Gasteiger charge is 2.22. The van der Waals surface area contributed by atoms with Crippen molar-refractivity contribution in [3.63, 3.8) is 0 Å². The van der Waals surface area contributed by atoms with Gasteiger partial charge in [-0.15, -0.1) is 0 Å². The Bertz CT molecular complexity index is 381.